The molecule has 0 atom stereocenters. The van der Waals surface area contributed by atoms with E-state index in [1.807, 2.05) is 0 Å². The Hall–Kier alpha value is -0.0800. The summed E-state index contributed by atoms with van der Waals surface area (Å²) in [4.78, 5) is 0. The fourth-order valence-electron chi connectivity index (χ4n) is 2.92. The van der Waals surface area contributed by atoms with E-state index in [1.54, 1.807) is 0 Å². The van der Waals surface area contributed by atoms with Gasteiger partial charge in [0.05, 0.1) is 5.60 Å². The SMILES string of the molecule is CC(C)C1CC(NCC2(O)CCCC2)C1. The molecule has 0 radical (unpaired) electrons. The average molecular weight is 211 g/mol. The second kappa shape index (κ2) is 4.42. The van der Waals surface area contributed by atoms with Crippen LogP contribution in [0.25, 0.3) is 0 Å². The van der Waals surface area contributed by atoms with E-state index in [0.717, 1.165) is 31.2 Å². The van der Waals surface area contributed by atoms with Gasteiger partial charge < -0.3 is 10.4 Å². The molecule has 0 aliphatic heterocycles. The molecule has 2 aliphatic carbocycles. The lowest BCUT2D eigenvalue weighted by molar-refractivity contribution is 0.0357. The Labute approximate surface area is 93.5 Å². The molecular formula is C13H25NO. The maximum absolute atomic E-state index is 10.2. The van der Waals surface area contributed by atoms with Crippen LogP contribution in [0.2, 0.25) is 0 Å². The zero-order valence-electron chi connectivity index (χ0n) is 10.1. The molecule has 2 N–H and O–H groups in total. The van der Waals surface area contributed by atoms with E-state index in [0.29, 0.717) is 6.04 Å². The van der Waals surface area contributed by atoms with Crippen molar-refractivity contribution in [3.05, 3.63) is 0 Å². The number of rotatable bonds is 4. The number of hydrogen-bond acceptors (Lipinski definition) is 2. The van der Waals surface area contributed by atoms with E-state index < -0.39 is 0 Å². The monoisotopic (exact) mass is 211 g/mol. The molecule has 0 saturated heterocycles. The van der Waals surface area contributed by atoms with Gasteiger partial charge in [-0.05, 0) is 37.5 Å². The summed E-state index contributed by atoms with van der Waals surface area (Å²) in [7, 11) is 0. The van der Waals surface area contributed by atoms with Gasteiger partial charge in [0.15, 0.2) is 0 Å². The Bertz CT molecular complexity index is 203. The van der Waals surface area contributed by atoms with E-state index in [9.17, 15) is 5.11 Å². The molecule has 2 fully saturated rings. The predicted molar refractivity (Wildman–Crippen MR) is 62.8 cm³/mol. The molecule has 0 amide bonds. The summed E-state index contributed by atoms with van der Waals surface area (Å²) < 4.78 is 0. The quantitative estimate of drug-likeness (QED) is 0.748. The van der Waals surface area contributed by atoms with Crippen molar-refractivity contribution in [3.8, 4) is 0 Å². The lowest BCUT2D eigenvalue weighted by atomic mass is 9.73. The Morgan fingerprint density at radius 3 is 2.40 bits per heavy atom. The standard InChI is InChI=1S/C13H25NO/c1-10(2)11-7-12(8-11)14-9-13(15)5-3-4-6-13/h10-12,14-15H,3-9H2,1-2H3. The smallest absolute Gasteiger partial charge is 0.0771 e. The molecule has 0 aromatic heterocycles. The Kier molecular flexibility index (Phi) is 3.36. The summed E-state index contributed by atoms with van der Waals surface area (Å²) in [6, 6.07) is 0.682. The molecule has 2 saturated carbocycles. The van der Waals surface area contributed by atoms with Crippen LogP contribution in [0.4, 0.5) is 0 Å². The molecule has 0 bridgehead atoms. The van der Waals surface area contributed by atoms with E-state index in [1.165, 1.54) is 25.7 Å². The van der Waals surface area contributed by atoms with Crippen molar-refractivity contribution in [2.45, 2.75) is 64.0 Å². The first-order chi connectivity index (χ1) is 7.09. The van der Waals surface area contributed by atoms with E-state index in [-0.39, 0.29) is 5.60 Å². The molecule has 0 aromatic rings. The number of nitrogens with one attached hydrogen (secondary N) is 1. The van der Waals surface area contributed by atoms with Crippen molar-refractivity contribution in [3.63, 3.8) is 0 Å². The Morgan fingerprint density at radius 1 is 1.27 bits per heavy atom. The van der Waals surface area contributed by atoms with Crippen LogP contribution < -0.4 is 5.32 Å². The first-order valence-corrected chi connectivity index (χ1v) is 6.55. The van der Waals surface area contributed by atoms with Crippen molar-refractivity contribution in [1.82, 2.24) is 5.32 Å². The highest BCUT2D eigenvalue weighted by Gasteiger charge is 2.35. The van der Waals surface area contributed by atoms with Crippen LogP contribution in [0.3, 0.4) is 0 Å². The summed E-state index contributed by atoms with van der Waals surface area (Å²) >= 11 is 0. The van der Waals surface area contributed by atoms with Gasteiger partial charge in [0, 0.05) is 12.6 Å². The molecular weight excluding hydrogens is 186 g/mol. The van der Waals surface area contributed by atoms with Crippen LogP contribution >= 0.6 is 0 Å². The van der Waals surface area contributed by atoms with Gasteiger partial charge in [-0.15, -0.1) is 0 Å². The first-order valence-electron chi connectivity index (χ1n) is 6.55. The highest BCUT2D eigenvalue weighted by atomic mass is 16.3. The Balaban J connectivity index is 1.64. The minimum absolute atomic E-state index is 0.372. The molecule has 15 heavy (non-hydrogen) atoms. The van der Waals surface area contributed by atoms with Crippen LogP contribution in [0.5, 0.6) is 0 Å². The molecule has 2 nitrogen and oxygen atoms in total. The van der Waals surface area contributed by atoms with Crippen LogP contribution in [-0.4, -0.2) is 23.3 Å². The number of aliphatic hydroxyl groups is 1. The van der Waals surface area contributed by atoms with Gasteiger partial charge in [-0.2, -0.15) is 0 Å². The summed E-state index contributed by atoms with van der Waals surface area (Å²) in [5.74, 6) is 1.75. The van der Waals surface area contributed by atoms with E-state index >= 15 is 0 Å². The fourth-order valence-corrected chi connectivity index (χ4v) is 2.92. The summed E-state index contributed by atoms with van der Waals surface area (Å²) in [5, 5.41) is 13.7. The largest absolute Gasteiger partial charge is 0.389 e. The minimum Gasteiger partial charge on any atom is -0.389 e. The van der Waals surface area contributed by atoms with Crippen molar-refractivity contribution in [2.24, 2.45) is 11.8 Å². The van der Waals surface area contributed by atoms with Crippen molar-refractivity contribution < 1.29 is 5.11 Å². The predicted octanol–water partition coefficient (Wildman–Crippen LogP) is 2.32. The average Bonchev–Trinajstić information content (AvgIpc) is 2.49. The highest BCUT2D eigenvalue weighted by Crippen LogP contribution is 2.34. The summed E-state index contributed by atoms with van der Waals surface area (Å²) in [5.41, 5.74) is -0.372. The zero-order chi connectivity index (χ0) is 10.9. The Morgan fingerprint density at radius 2 is 1.87 bits per heavy atom. The molecule has 0 unspecified atom stereocenters. The van der Waals surface area contributed by atoms with Crippen LogP contribution in [0, 0.1) is 11.8 Å². The van der Waals surface area contributed by atoms with E-state index in [4.69, 9.17) is 0 Å². The van der Waals surface area contributed by atoms with Gasteiger partial charge in [0.2, 0.25) is 0 Å². The van der Waals surface area contributed by atoms with Gasteiger partial charge >= 0.3 is 0 Å². The van der Waals surface area contributed by atoms with E-state index in [2.05, 4.69) is 19.2 Å². The van der Waals surface area contributed by atoms with Crippen molar-refractivity contribution >= 4 is 0 Å². The fraction of sp³-hybridized carbons (Fsp3) is 1.00. The molecule has 0 heterocycles. The van der Waals surface area contributed by atoms with Crippen molar-refractivity contribution in [1.29, 1.82) is 0 Å². The van der Waals surface area contributed by atoms with Gasteiger partial charge in [0.1, 0.15) is 0 Å². The third-order valence-corrected chi connectivity index (χ3v) is 4.37. The lowest BCUT2D eigenvalue weighted by Gasteiger charge is -2.40. The van der Waals surface area contributed by atoms with Gasteiger partial charge in [0.25, 0.3) is 0 Å². The maximum atomic E-state index is 10.2. The molecule has 2 heteroatoms. The van der Waals surface area contributed by atoms with Crippen LogP contribution in [0.1, 0.15) is 52.4 Å². The van der Waals surface area contributed by atoms with Gasteiger partial charge in [-0.25, -0.2) is 0 Å². The van der Waals surface area contributed by atoms with Crippen LogP contribution in [0.15, 0.2) is 0 Å². The third-order valence-electron chi connectivity index (χ3n) is 4.37. The third kappa shape index (κ3) is 2.73. The normalized spacial score (nSPS) is 34.4. The van der Waals surface area contributed by atoms with Gasteiger partial charge in [-0.1, -0.05) is 26.7 Å². The van der Waals surface area contributed by atoms with Crippen LogP contribution in [-0.2, 0) is 0 Å². The maximum Gasteiger partial charge on any atom is 0.0771 e. The highest BCUT2D eigenvalue weighted by molar-refractivity contribution is 4.91. The molecule has 88 valence electrons. The minimum atomic E-state index is -0.372. The lowest BCUT2D eigenvalue weighted by Crippen LogP contribution is -2.49. The second-order valence-corrected chi connectivity index (χ2v) is 5.98. The van der Waals surface area contributed by atoms with Gasteiger partial charge in [-0.3, -0.25) is 0 Å². The van der Waals surface area contributed by atoms with Crippen molar-refractivity contribution in [2.75, 3.05) is 6.54 Å². The first kappa shape index (κ1) is 11.4. The zero-order valence-corrected chi connectivity index (χ0v) is 10.1. The molecule has 2 rings (SSSR count). The summed E-state index contributed by atoms with van der Waals surface area (Å²) in [6.45, 7) is 5.44. The molecule has 0 aromatic carbocycles. The number of hydrogen-bond donors (Lipinski definition) is 2. The molecule has 0 spiro atoms. The summed E-state index contributed by atoms with van der Waals surface area (Å²) in [6.07, 6.45) is 7.04. The topological polar surface area (TPSA) is 32.3 Å². The molecule has 2 aliphatic rings. The second-order valence-electron chi connectivity index (χ2n) is 5.98.